The molecule has 3 aromatic rings. The molecule has 3 rings (SSSR count). The second-order valence-electron chi connectivity index (χ2n) is 5.01. The van der Waals surface area contributed by atoms with Crippen LogP contribution in [0.3, 0.4) is 0 Å². The van der Waals surface area contributed by atoms with Crippen molar-refractivity contribution >= 4 is 33.3 Å². The fraction of sp³-hybridized carbons (Fsp3) is 0.200. The number of hydrogen-bond donors (Lipinski definition) is 1. The van der Waals surface area contributed by atoms with Gasteiger partial charge in [0.15, 0.2) is 10.8 Å². The molecule has 23 heavy (non-hydrogen) atoms. The predicted octanol–water partition coefficient (Wildman–Crippen LogP) is 4.06. The quantitative estimate of drug-likeness (QED) is 0.782. The van der Waals surface area contributed by atoms with Crippen molar-refractivity contribution < 1.29 is 18.0 Å². The lowest BCUT2D eigenvalue weighted by Crippen LogP contribution is -2.19. The summed E-state index contributed by atoms with van der Waals surface area (Å²) in [5.74, 6) is -0.419. The minimum absolute atomic E-state index is 0.0142. The van der Waals surface area contributed by atoms with Gasteiger partial charge in [0.2, 0.25) is 5.91 Å². The Bertz CT molecular complexity index is 866. The lowest BCUT2D eigenvalue weighted by Gasteiger charge is -2.08. The Balaban J connectivity index is 1.76. The van der Waals surface area contributed by atoms with Gasteiger partial charge in [-0.05, 0) is 24.4 Å². The van der Waals surface area contributed by atoms with Crippen LogP contribution in [0.2, 0.25) is 0 Å². The second-order valence-corrected chi connectivity index (χ2v) is 5.87. The summed E-state index contributed by atoms with van der Waals surface area (Å²) >= 11 is 0.753. The van der Waals surface area contributed by atoms with Crippen LogP contribution >= 0.6 is 11.3 Å². The van der Waals surface area contributed by atoms with Gasteiger partial charge in [-0.2, -0.15) is 13.2 Å². The van der Waals surface area contributed by atoms with Gasteiger partial charge in [0.25, 0.3) is 0 Å². The Morgan fingerprint density at radius 2 is 2.09 bits per heavy atom. The fourth-order valence-corrected chi connectivity index (χ4v) is 3.06. The Labute approximate surface area is 133 Å². The van der Waals surface area contributed by atoms with Crippen LogP contribution in [0.1, 0.15) is 11.4 Å². The molecule has 0 radical (unpaired) electrons. The number of aromatic nitrogens is 2. The van der Waals surface area contributed by atoms with Crippen molar-refractivity contribution in [3.63, 3.8) is 0 Å². The number of hydrogen-bond acceptors (Lipinski definition) is 3. The summed E-state index contributed by atoms with van der Waals surface area (Å²) in [5, 5.41) is 4.24. The molecule has 2 aromatic heterocycles. The number of alkyl halides is 3. The lowest BCUT2D eigenvalue weighted by molar-refractivity contribution is -0.140. The zero-order chi connectivity index (χ0) is 16.6. The summed E-state index contributed by atoms with van der Waals surface area (Å²) in [5.41, 5.74) is 0.798. The molecule has 1 aromatic carbocycles. The normalized spacial score (nSPS) is 11.8. The second kappa shape index (κ2) is 5.69. The molecule has 120 valence electrons. The fourth-order valence-electron chi connectivity index (χ4n) is 2.32. The third-order valence-electron chi connectivity index (χ3n) is 3.36. The maximum Gasteiger partial charge on any atom is 0.434 e. The number of nitrogens with one attached hydrogen (secondary N) is 1. The van der Waals surface area contributed by atoms with Crippen LogP contribution in [-0.2, 0) is 17.5 Å². The average Bonchev–Trinajstić information content (AvgIpc) is 3.04. The number of benzene rings is 1. The largest absolute Gasteiger partial charge is 0.434 e. The average molecular weight is 339 g/mol. The van der Waals surface area contributed by atoms with Crippen LogP contribution in [0.25, 0.3) is 10.9 Å². The third kappa shape index (κ3) is 3.21. The van der Waals surface area contributed by atoms with Crippen LogP contribution in [0.4, 0.5) is 18.3 Å². The van der Waals surface area contributed by atoms with Crippen molar-refractivity contribution in [2.24, 2.45) is 0 Å². The highest BCUT2D eigenvalue weighted by atomic mass is 32.1. The first-order valence-electron chi connectivity index (χ1n) is 6.72. The van der Waals surface area contributed by atoms with E-state index in [1.165, 1.54) is 0 Å². The number of carbonyl (C=O) groups excluding carboxylic acids is 1. The van der Waals surface area contributed by atoms with E-state index in [2.05, 4.69) is 10.3 Å². The van der Waals surface area contributed by atoms with Gasteiger partial charge in [-0.3, -0.25) is 4.79 Å². The first kappa shape index (κ1) is 15.5. The molecule has 2 heterocycles. The molecule has 0 aliphatic heterocycles. The Morgan fingerprint density at radius 1 is 1.35 bits per heavy atom. The van der Waals surface area contributed by atoms with E-state index in [9.17, 15) is 18.0 Å². The molecule has 0 bridgehead atoms. The minimum atomic E-state index is -4.51. The van der Waals surface area contributed by atoms with Gasteiger partial charge in [0.1, 0.15) is 6.54 Å². The molecular weight excluding hydrogens is 327 g/mol. The number of thiazole rings is 1. The van der Waals surface area contributed by atoms with Crippen molar-refractivity contribution in [3.8, 4) is 0 Å². The van der Waals surface area contributed by atoms with Crippen LogP contribution in [0.5, 0.6) is 0 Å². The summed E-state index contributed by atoms with van der Waals surface area (Å²) in [4.78, 5) is 15.5. The van der Waals surface area contributed by atoms with Crippen molar-refractivity contribution in [2.45, 2.75) is 19.6 Å². The number of halogens is 3. The lowest BCUT2D eigenvalue weighted by atomic mass is 10.2. The number of para-hydroxylation sites is 1. The summed E-state index contributed by atoms with van der Waals surface area (Å²) in [6, 6.07) is 9.55. The van der Waals surface area contributed by atoms with E-state index in [-0.39, 0.29) is 11.7 Å². The zero-order valence-electron chi connectivity index (χ0n) is 12.0. The Kier molecular flexibility index (Phi) is 3.85. The van der Waals surface area contributed by atoms with E-state index in [0.717, 1.165) is 33.3 Å². The molecule has 4 nitrogen and oxygen atoms in total. The highest BCUT2D eigenvalue weighted by molar-refractivity contribution is 7.13. The highest BCUT2D eigenvalue weighted by Gasteiger charge is 2.33. The molecule has 0 spiro atoms. The standard InChI is InChI=1S/C15H12F3N3OS/c1-9-6-10-4-2-3-5-11(10)21(9)7-13(22)20-14-19-12(8-23-14)15(16,17)18/h2-6,8H,7H2,1H3,(H,19,20,22). The molecular formula is C15H12F3N3OS. The molecule has 0 aliphatic rings. The number of aryl methyl sites for hydroxylation is 1. The van der Waals surface area contributed by atoms with Gasteiger partial charge in [-0.15, -0.1) is 11.3 Å². The molecule has 0 aliphatic carbocycles. The monoisotopic (exact) mass is 339 g/mol. The van der Waals surface area contributed by atoms with E-state index in [1.54, 1.807) is 0 Å². The molecule has 0 unspecified atom stereocenters. The van der Waals surface area contributed by atoms with Crippen LogP contribution < -0.4 is 5.32 Å². The summed E-state index contributed by atoms with van der Waals surface area (Å²) in [6.45, 7) is 1.89. The van der Waals surface area contributed by atoms with Crippen molar-refractivity contribution in [3.05, 3.63) is 47.1 Å². The summed E-state index contributed by atoms with van der Waals surface area (Å²) < 4.78 is 39.3. The molecule has 0 fully saturated rings. The first-order valence-corrected chi connectivity index (χ1v) is 7.60. The van der Waals surface area contributed by atoms with Crippen LogP contribution in [-0.4, -0.2) is 15.5 Å². The maximum atomic E-state index is 12.5. The highest BCUT2D eigenvalue weighted by Crippen LogP contribution is 2.31. The van der Waals surface area contributed by atoms with Gasteiger partial charge in [0, 0.05) is 16.6 Å². The van der Waals surface area contributed by atoms with E-state index in [4.69, 9.17) is 0 Å². The van der Waals surface area contributed by atoms with Crippen LogP contribution in [0, 0.1) is 6.92 Å². The number of anilines is 1. The molecule has 1 amide bonds. The van der Waals surface area contributed by atoms with Gasteiger partial charge in [-0.1, -0.05) is 18.2 Å². The number of rotatable bonds is 3. The third-order valence-corrected chi connectivity index (χ3v) is 4.12. The van der Waals surface area contributed by atoms with E-state index in [1.807, 2.05) is 41.8 Å². The number of nitrogens with zero attached hydrogens (tertiary/aromatic N) is 2. The molecule has 0 atom stereocenters. The van der Waals surface area contributed by atoms with Crippen molar-refractivity contribution in [1.29, 1.82) is 0 Å². The van der Waals surface area contributed by atoms with Gasteiger partial charge >= 0.3 is 6.18 Å². The Hall–Kier alpha value is -2.35. The zero-order valence-corrected chi connectivity index (χ0v) is 12.8. The number of carbonyl (C=O) groups is 1. The van der Waals surface area contributed by atoms with E-state index >= 15 is 0 Å². The van der Waals surface area contributed by atoms with Crippen molar-refractivity contribution in [2.75, 3.05) is 5.32 Å². The van der Waals surface area contributed by atoms with E-state index in [0.29, 0.717) is 0 Å². The molecule has 8 heteroatoms. The van der Waals surface area contributed by atoms with E-state index < -0.39 is 17.8 Å². The molecule has 0 saturated heterocycles. The number of amides is 1. The summed E-state index contributed by atoms with van der Waals surface area (Å²) in [7, 11) is 0. The van der Waals surface area contributed by atoms with Crippen LogP contribution in [0.15, 0.2) is 35.7 Å². The predicted molar refractivity (Wildman–Crippen MR) is 82.4 cm³/mol. The smallest absolute Gasteiger partial charge is 0.335 e. The summed E-state index contributed by atoms with van der Waals surface area (Å²) in [6.07, 6.45) is -4.51. The maximum absolute atomic E-state index is 12.5. The van der Waals surface area contributed by atoms with Gasteiger partial charge in [-0.25, -0.2) is 4.98 Å². The minimum Gasteiger partial charge on any atom is -0.335 e. The van der Waals surface area contributed by atoms with Gasteiger partial charge < -0.3 is 9.88 Å². The molecule has 0 saturated carbocycles. The Morgan fingerprint density at radius 3 is 2.78 bits per heavy atom. The SMILES string of the molecule is Cc1cc2ccccc2n1CC(=O)Nc1nc(C(F)(F)F)cs1. The van der Waals surface area contributed by atoms with Crippen molar-refractivity contribution in [1.82, 2.24) is 9.55 Å². The molecule has 1 N–H and O–H groups in total. The topological polar surface area (TPSA) is 46.9 Å². The number of fused-ring (bicyclic) bond motifs is 1. The van der Waals surface area contributed by atoms with Gasteiger partial charge in [0.05, 0.1) is 0 Å². The first-order chi connectivity index (χ1) is 10.8.